The molecule has 0 aromatic heterocycles. The molecule has 1 saturated heterocycles. The van der Waals surface area contributed by atoms with Crippen molar-refractivity contribution < 1.29 is 29.6 Å². The Morgan fingerprint density at radius 1 is 1.21 bits per heavy atom. The zero-order chi connectivity index (χ0) is 20.4. The van der Waals surface area contributed by atoms with Gasteiger partial charge in [-0.2, -0.15) is 0 Å². The fourth-order valence-corrected chi connectivity index (χ4v) is 3.46. The van der Waals surface area contributed by atoms with Gasteiger partial charge in [0, 0.05) is 7.05 Å². The number of likely N-dealkylation sites (N-methyl/N-ethyl adjacent to an activating group) is 1. The van der Waals surface area contributed by atoms with Crippen molar-refractivity contribution in [2.24, 2.45) is 4.99 Å². The number of phenolic OH excluding ortho intramolecular Hbond substituents is 2. The van der Waals surface area contributed by atoms with Gasteiger partial charge in [0.15, 0.2) is 16.7 Å². The lowest BCUT2D eigenvalue weighted by Gasteiger charge is -2.08. The number of carboxylic acids is 1. The van der Waals surface area contributed by atoms with Crippen molar-refractivity contribution in [1.82, 2.24) is 4.90 Å². The summed E-state index contributed by atoms with van der Waals surface area (Å²) in [5, 5.41) is 28.8. The fraction of sp³-hybridized carbons (Fsp3) is 0.105. The van der Waals surface area contributed by atoms with E-state index in [-0.39, 0.29) is 34.4 Å². The number of ether oxygens (including phenoxy) is 1. The van der Waals surface area contributed by atoms with Crippen molar-refractivity contribution in [2.75, 3.05) is 14.2 Å². The van der Waals surface area contributed by atoms with E-state index in [1.54, 1.807) is 18.2 Å². The van der Waals surface area contributed by atoms with Gasteiger partial charge in [0.25, 0.3) is 5.91 Å². The minimum atomic E-state index is -1.24. The van der Waals surface area contributed by atoms with Crippen molar-refractivity contribution >= 4 is 40.6 Å². The van der Waals surface area contributed by atoms with Crippen LogP contribution in [0.2, 0.25) is 0 Å². The van der Waals surface area contributed by atoms with Gasteiger partial charge in [-0.15, -0.1) is 0 Å². The zero-order valence-corrected chi connectivity index (χ0v) is 15.7. The molecule has 0 aliphatic carbocycles. The van der Waals surface area contributed by atoms with Crippen LogP contribution in [0.5, 0.6) is 17.2 Å². The SMILES string of the molecule is COc1cc(/C=C2\SC(=Nc3ccc(O)cc3C(=O)O)N(C)C2=O)ccc1O. The van der Waals surface area contributed by atoms with E-state index < -0.39 is 5.97 Å². The maximum absolute atomic E-state index is 12.5. The van der Waals surface area contributed by atoms with Crippen LogP contribution in [0.25, 0.3) is 6.08 Å². The predicted molar refractivity (Wildman–Crippen MR) is 105 cm³/mol. The molecule has 8 nitrogen and oxygen atoms in total. The number of aromatic carboxylic acids is 1. The second kappa shape index (κ2) is 7.65. The molecule has 0 radical (unpaired) electrons. The highest BCUT2D eigenvalue weighted by atomic mass is 32.2. The number of nitrogens with zero attached hydrogens (tertiary/aromatic N) is 2. The molecule has 1 fully saturated rings. The Morgan fingerprint density at radius 2 is 1.96 bits per heavy atom. The highest BCUT2D eigenvalue weighted by Gasteiger charge is 2.31. The molecular weight excluding hydrogens is 384 g/mol. The van der Waals surface area contributed by atoms with E-state index in [1.165, 1.54) is 37.3 Å². The van der Waals surface area contributed by atoms with E-state index in [1.807, 2.05) is 0 Å². The van der Waals surface area contributed by atoms with Crippen molar-refractivity contribution in [2.45, 2.75) is 0 Å². The summed E-state index contributed by atoms with van der Waals surface area (Å²) in [5.74, 6) is -1.46. The summed E-state index contributed by atoms with van der Waals surface area (Å²) in [6, 6.07) is 8.49. The van der Waals surface area contributed by atoms with Crippen molar-refractivity contribution in [3.63, 3.8) is 0 Å². The Kier molecular flexibility index (Phi) is 5.27. The van der Waals surface area contributed by atoms with Crippen molar-refractivity contribution in [3.8, 4) is 17.2 Å². The topological polar surface area (TPSA) is 120 Å². The molecule has 3 rings (SSSR count). The van der Waals surface area contributed by atoms with Gasteiger partial charge in [-0.1, -0.05) is 6.07 Å². The number of methoxy groups -OCH3 is 1. The number of phenols is 2. The quantitative estimate of drug-likeness (QED) is 0.675. The molecule has 3 N–H and O–H groups in total. The van der Waals surface area contributed by atoms with E-state index >= 15 is 0 Å². The average Bonchev–Trinajstić information content (AvgIpc) is 2.92. The van der Waals surface area contributed by atoms with Gasteiger partial charge in [-0.3, -0.25) is 9.69 Å². The third-order valence-electron chi connectivity index (χ3n) is 3.93. The monoisotopic (exact) mass is 400 g/mol. The molecule has 9 heteroatoms. The number of carbonyl (C=O) groups is 2. The highest BCUT2D eigenvalue weighted by Crippen LogP contribution is 2.35. The van der Waals surface area contributed by atoms with Crippen LogP contribution in [0.1, 0.15) is 15.9 Å². The first-order valence-electron chi connectivity index (χ1n) is 7.99. The molecule has 1 amide bonds. The van der Waals surface area contributed by atoms with Crippen LogP contribution in [0.15, 0.2) is 46.3 Å². The Hall–Kier alpha value is -3.46. The smallest absolute Gasteiger partial charge is 0.338 e. The van der Waals surface area contributed by atoms with Gasteiger partial charge >= 0.3 is 5.97 Å². The van der Waals surface area contributed by atoms with Crippen LogP contribution in [-0.4, -0.2) is 51.4 Å². The van der Waals surface area contributed by atoms with Crippen LogP contribution in [-0.2, 0) is 4.79 Å². The largest absolute Gasteiger partial charge is 0.508 e. The van der Waals surface area contributed by atoms with Crippen LogP contribution in [0.4, 0.5) is 5.69 Å². The third-order valence-corrected chi connectivity index (χ3v) is 4.99. The number of benzene rings is 2. The number of hydrogen-bond donors (Lipinski definition) is 3. The Morgan fingerprint density at radius 3 is 2.64 bits per heavy atom. The van der Waals surface area contributed by atoms with Crippen LogP contribution < -0.4 is 4.74 Å². The molecular formula is C19H16N2O6S. The predicted octanol–water partition coefficient (Wildman–Crippen LogP) is 3.04. The third kappa shape index (κ3) is 3.79. The zero-order valence-electron chi connectivity index (χ0n) is 14.9. The summed E-state index contributed by atoms with van der Waals surface area (Å²) in [4.78, 5) is 29.9. The molecule has 0 saturated carbocycles. The number of aliphatic imine (C=N–C) groups is 1. The lowest BCUT2D eigenvalue weighted by Crippen LogP contribution is -2.23. The summed E-state index contributed by atoms with van der Waals surface area (Å²) in [6.45, 7) is 0. The minimum absolute atomic E-state index is 0.0112. The number of amidine groups is 1. The Bertz CT molecular complexity index is 1030. The van der Waals surface area contributed by atoms with Gasteiger partial charge < -0.3 is 20.1 Å². The van der Waals surface area contributed by atoms with E-state index in [4.69, 9.17) is 4.74 Å². The lowest BCUT2D eigenvalue weighted by molar-refractivity contribution is -0.121. The molecule has 0 atom stereocenters. The normalized spacial score (nSPS) is 16.8. The number of rotatable bonds is 4. The molecule has 0 unspecified atom stereocenters. The summed E-state index contributed by atoms with van der Waals surface area (Å²) in [5.41, 5.74) is 0.602. The van der Waals surface area contributed by atoms with E-state index in [9.17, 15) is 24.9 Å². The second-order valence-electron chi connectivity index (χ2n) is 5.81. The second-order valence-corrected chi connectivity index (χ2v) is 6.82. The average molecular weight is 400 g/mol. The summed E-state index contributed by atoms with van der Waals surface area (Å²) in [7, 11) is 2.96. The van der Waals surface area contributed by atoms with Crippen molar-refractivity contribution in [3.05, 3.63) is 52.4 Å². The number of carboxylic acid groups (broad SMARTS) is 1. The molecule has 28 heavy (non-hydrogen) atoms. The first-order valence-corrected chi connectivity index (χ1v) is 8.81. The van der Waals surface area contributed by atoms with Gasteiger partial charge in [0.05, 0.1) is 23.3 Å². The molecule has 0 spiro atoms. The molecule has 144 valence electrons. The molecule has 2 aromatic carbocycles. The molecule has 0 bridgehead atoms. The summed E-state index contributed by atoms with van der Waals surface area (Å²) in [6.07, 6.45) is 1.63. The van der Waals surface area contributed by atoms with Gasteiger partial charge in [-0.05, 0) is 53.7 Å². The number of hydrogen-bond acceptors (Lipinski definition) is 7. The lowest BCUT2D eigenvalue weighted by atomic mass is 10.2. The van der Waals surface area contributed by atoms with E-state index in [0.29, 0.717) is 15.6 Å². The van der Waals surface area contributed by atoms with Crippen LogP contribution >= 0.6 is 11.8 Å². The number of aromatic hydroxyl groups is 2. The maximum atomic E-state index is 12.5. The van der Waals surface area contributed by atoms with E-state index in [2.05, 4.69) is 4.99 Å². The summed E-state index contributed by atoms with van der Waals surface area (Å²) >= 11 is 1.09. The minimum Gasteiger partial charge on any atom is -0.508 e. The number of carbonyl (C=O) groups excluding carboxylic acids is 1. The first-order chi connectivity index (χ1) is 13.3. The standard InChI is InChI=1S/C19H16N2O6S/c1-21-17(24)16(8-10-3-6-14(23)15(7-10)27-2)28-19(21)20-13-5-4-11(22)9-12(13)18(25)26/h3-9,22-23H,1-2H3,(H,25,26)/b16-8-,20-19?. The molecule has 1 heterocycles. The van der Waals surface area contributed by atoms with Gasteiger partial charge in [-0.25, -0.2) is 9.79 Å². The maximum Gasteiger partial charge on any atom is 0.338 e. The number of thioether (sulfide) groups is 1. The fourth-order valence-electron chi connectivity index (χ4n) is 2.48. The van der Waals surface area contributed by atoms with Gasteiger partial charge in [0.1, 0.15) is 5.75 Å². The van der Waals surface area contributed by atoms with Crippen LogP contribution in [0, 0.1) is 0 Å². The van der Waals surface area contributed by atoms with Crippen molar-refractivity contribution in [1.29, 1.82) is 0 Å². The highest BCUT2D eigenvalue weighted by molar-refractivity contribution is 8.18. The number of amides is 1. The molecule has 2 aromatic rings. The Balaban J connectivity index is 1.96. The van der Waals surface area contributed by atoms with Gasteiger partial charge in [0.2, 0.25) is 0 Å². The Labute approximate surface area is 164 Å². The summed E-state index contributed by atoms with van der Waals surface area (Å²) < 4.78 is 5.06. The van der Waals surface area contributed by atoms with E-state index in [0.717, 1.165) is 17.8 Å². The first kappa shape index (κ1) is 19.3. The molecule has 1 aliphatic rings. The van der Waals surface area contributed by atoms with Crippen LogP contribution in [0.3, 0.4) is 0 Å². The molecule has 1 aliphatic heterocycles.